The summed E-state index contributed by atoms with van der Waals surface area (Å²) < 4.78 is 19.2. The molecule has 2 nitrogen and oxygen atoms in total. The second-order valence-electron chi connectivity index (χ2n) is 4.79. The van der Waals surface area contributed by atoms with Crippen molar-refractivity contribution >= 4 is 22.6 Å². The zero-order valence-corrected chi connectivity index (χ0v) is 11.6. The minimum atomic E-state index is -0.368. The summed E-state index contributed by atoms with van der Waals surface area (Å²) in [5.41, 5.74) is 7.76. The van der Waals surface area contributed by atoms with Crippen LogP contribution in [-0.4, -0.2) is 0 Å². The molecule has 0 aliphatic carbocycles. The molecule has 0 saturated heterocycles. The van der Waals surface area contributed by atoms with Crippen LogP contribution in [0.4, 0.5) is 4.39 Å². The van der Waals surface area contributed by atoms with Crippen molar-refractivity contribution in [3.63, 3.8) is 0 Å². The molecule has 1 atom stereocenters. The van der Waals surface area contributed by atoms with Crippen molar-refractivity contribution in [2.45, 2.75) is 13.0 Å². The van der Waals surface area contributed by atoms with Gasteiger partial charge in [0.25, 0.3) is 0 Å². The van der Waals surface area contributed by atoms with Gasteiger partial charge in [0.15, 0.2) is 11.4 Å². The lowest BCUT2D eigenvalue weighted by Crippen LogP contribution is -2.05. The maximum absolute atomic E-state index is 13.6. The van der Waals surface area contributed by atoms with Gasteiger partial charge >= 0.3 is 0 Å². The highest BCUT2D eigenvalue weighted by Crippen LogP contribution is 2.32. The Hall–Kier alpha value is -1.84. The summed E-state index contributed by atoms with van der Waals surface area (Å²) in [6, 6.07) is 12.0. The van der Waals surface area contributed by atoms with Crippen LogP contribution in [0.15, 0.2) is 46.9 Å². The molecule has 0 aliphatic heterocycles. The van der Waals surface area contributed by atoms with E-state index in [9.17, 15) is 4.39 Å². The van der Waals surface area contributed by atoms with Gasteiger partial charge in [-0.15, -0.1) is 0 Å². The molecule has 0 bridgehead atoms. The molecule has 0 spiro atoms. The molecular formula is C16H13ClFNO. The summed E-state index contributed by atoms with van der Waals surface area (Å²) >= 11 is 6.21. The fourth-order valence-corrected chi connectivity index (χ4v) is 2.57. The van der Waals surface area contributed by atoms with Crippen LogP contribution in [0.2, 0.25) is 5.02 Å². The molecule has 0 fully saturated rings. The van der Waals surface area contributed by atoms with Gasteiger partial charge in [-0.2, -0.15) is 0 Å². The maximum atomic E-state index is 13.6. The van der Waals surface area contributed by atoms with E-state index < -0.39 is 0 Å². The van der Waals surface area contributed by atoms with Gasteiger partial charge in [0.1, 0.15) is 5.76 Å². The van der Waals surface area contributed by atoms with Crippen molar-refractivity contribution in [3.05, 3.63) is 58.9 Å². The third-order valence-electron chi connectivity index (χ3n) is 3.27. The van der Waals surface area contributed by atoms with Crippen LogP contribution < -0.4 is 5.73 Å². The number of fused-ring (bicyclic) bond motifs is 1. The van der Waals surface area contributed by atoms with E-state index >= 15 is 0 Å². The number of hydrogen-bond acceptors (Lipinski definition) is 2. The molecule has 1 aromatic heterocycles. The first kappa shape index (κ1) is 13.2. The molecule has 3 aromatic rings. The second kappa shape index (κ2) is 4.93. The molecule has 102 valence electrons. The van der Waals surface area contributed by atoms with Gasteiger partial charge in [0, 0.05) is 22.0 Å². The van der Waals surface area contributed by atoms with Crippen LogP contribution in [0.3, 0.4) is 0 Å². The van der Waals surface area contributed by atoms with Crippen LogP contribution in [-0.2, 0) is 0 Å². The molecule has 0 radical (unpaired) electrons. The molecule has 0 saturated carbocycles. The standard InChI is InChI=1S/C16H13ClFNO/c1-9(19)12-6-5-10(7-13(12)17)15-8-11-3-2-4-14(18)16(11)20-15/h2-9H,19H2,1H3. The molecule has 1 unspecified atom stereocenters. The molecule has 3 rings (SSSR count). The Balaban J connectivity index is 2.11. The van der Waals surface area contributed by atoms with Crippen LogP contribution in [0.5, 0.6) is 0 Å². The number of nitrogens with two attached hydrogens (primary N) is 1. The van der Waals surface area contributed by atoms with Crippen molar-refractivity contribution in [2.24, 2.45) is 5.73 Å². The van der Waals surface area contributed by atoms with E-state index in [0.29, 0.717) is 10.8 Å². The first-order chi connectivity index (χ1) is 9.56. The SMILES string of the molecule is CC(N)c1ccc(-c2cc3cccc(F)c3o2)cc1Cl. The quantitative estimate of drug-likeness (QED) is 0.728. The lowest BCUT2D eigenvalue weighted by atomic mass is 10.1. The second-order valence-corrected chi connectivity index (χ2v) is 5.20. The summed E-state index contributed by atoms with van der Waals surface area (Å²) in [7, 11) is 0. The maximum Gasteiger partial charge on any atom is 0.170 e. The minimum Gasteiger partial charge on any atom is -0.453 e. The van der Waals surface area contributed by atoms with E-state index in [-0.39, 0.29) is 17.4 Å². The summed E-state index contributed by atoms with van der Waals surface area (Å²) in [5, 5.41) is 1.31. The third-order valence-corrected chi connectivity index (χ3v) is 3.60. The molecule has 0 amide bonds. The van der Waals surface area contributed by atoms with Gasteiger partial charge < -0.3 is 10.2 Å². The van der Waals surface area contributed by atoms with Crippen molar-refractivity contribution < 1.29 is 8.81 Å². The molecular weight excluding hydrogens is 277 g/mol. The molecule has 2 aromatic carbocycles. The fraction of sp³-hybridized carbons (Fsp3) is 0.125. The highest BCUT2D eigenvalue weighted by molar-refractivity contribution is 6.31. The minimum absolute atomic E-state index is 0.135. The molecule has 20 heavy (non-hydrogen) atoms. The predicted octanol–water partition coefficient (Wildman–Crippen LogP) is 4.91. The van der Waals surface area contributed by atoms with Crippen molar-refractivity contribution in [2.75, 3.05) is 0 Å². The van der Waals surface area contributed by atoms with E-state index in [4.69, 9.17) is 21.8 Å². The van der Waals surface area contributed by atoms with Gasteiger partial charge in [-0.25, -0.2) is 4.39 Å². The highest BCUT2D eigenvalue weighted by Gasteiger charge is 2.12. The molecule has 2 N–H and O–H groups in total. The van der Waals surface area contributed by atoms with Gasteiger partial charge in [-0.1, -0.05) is 35.9 Å². The normalized spacial score (nSPS) is 12.8. The average molecular weight is 290 g/mol. The molecule has 0 aliphatic rings. The number of rotatable bonds is 2. The Kier molecular flexibility index (Phi) is 3.24. The zero-order valence-electron chi connectivity index (χ0n) is 10.9. The molecule has 4 heteroatoms. The van der Waals surface area contributed by atoms with Gasteiger partial charge in [0.2, 0.25) is 0 Å². The van der Waals surface area contributed by atoms with E-state index in [1.807, 2.05) is 25.1 Å². The first-order valence-corrected chi connectivity index (χ1v) is 6.67. The highest BCUT2D eigenvalue weighted by atomic mass is 35.5. The van der Waals surface area contributed by atoms with Gasteiger partial charge in [0.05, 0.1) is 0 Å². The summed E-state index contributed by atoms with van der Waals surface area (Å²) in [5.74, 6) is 0.218. The number of furan rings is 1. The van der Waals surface area contributed by atoms with Crippen LogP contribution >= 0.6 is 11.6 Å². The first-order valence-electron chi connectivity index (χ1n) is 6.29. The van der Waals surface area contributed by atoms with Crippen molar-refractivity contribution in [1.82, 2.24) is 0 Å². The fourth-order valence-electron chi connectivity index (χ4n) is 2.22. The number of halogens is 2. The summed E-state index contributed by atoms with van der Waals surface area (Å²) in [4.78, 5) is 0. The zero-order chi connectivity index (χ0) is 14.3. The largest absolute Gasteiger partial charge is 0.453 e. The summed E-state index contributed by atoms with van der Waals surface area (Å²) in [6.07, 6.45) is 0. The van der Waals surface area contributed by atoms with Crippen molar-refractivity contribution in [3.8, 4) is 11.3 Å². The number of para-hydroxylation sites is 1. The van der Waals surface area contributed by atoms with Crippen molar-refractivity contribution in [1.29, 1.82) is 0 Å². The topological polar surface area (TPSA) is 39.2 Å². The number of benzene rings is 2. The van der Waals surface area contributed by atoms with E-state index in [1.54, 1.807) is 18.2 Å². The lowest BCUT2D eigenvalue weighted by molar-refractivity contribution is 0.569. The predicted molar refractivity (Wildman–Crippen MR) is 79.2 cm³/mol. The lowest BCUT2D eigenvalue weighted by Gasteiger charge is -2.08. The van der Waals surface area contributed by atoms with Gasteiger partial charge in [-0.05, 0) is 30.7 Å². The van der Waals surface area contributed by atoms with Crippen LogP contribution in [0.25, 0.3) is 22.3 Å². The monoisotopic (exact) mass is 289 g/mol. The Labute approximate surface area is 121 Å². The smallest absolute Gasteiger partial charge is 0.170 e. The van der Waals surface area contributed by atoms with Gasteiger partial charge in [-0.3, -0.25) is 0 Å². The average Bonchev–Trinajstić information content (AvgIpc) is 2.83. The Morgan fingerprint density at radius 1 is 1.20 bits per heavy atom. The molecule has 1 heterocycles. The van der Waals surface area contributed by atoms with Crippen LogP contribution in [0, 0.1) is 5.82 Å². The summed E-state index contributed by atoms with van der Waals surface area (Å²) in [6.45, 7) is 1.87. The van der Waals surface area contributed by atoms with Crippen LogP contribution in [0.1, 0.15) is 18.5 Å². The Bertz CT molecular complexity index is 779. The van der Waals surface area contributed by atoms with E-state index in [0.717, 1.165) is 16.5 Å². The Morgan fingerprint density at radius 3 is 2.65 bits per heavy atom. The Morgan fingerprint density at radius 2 is 2.00 bits per heavy atom. The van der Waals surface area contributed by atoms with E-state index in [1.165, 1.54) is 6.07 Å². The number of hydrogen-bond donors (Lipinski definition) is 1. The van der Waals surface area contributed by atoms with E-state index in [2.05, 4.69) is 0 Å². The third kappa shape index (κ3) is 2.19.